The van der Waals surface area contributed by atoms with Crippen molar-refractivity contribution >= 4 is 43.2 Å². The smallest absolute Gasteiger partial charge is 0.255 e. The lowest BCUT2D eigenvalue weighted by atomic mass is 10.2. The highest BCUT2D eigenvalue weighted by molar-refractivity contribution is 9.10. The molecule has 0 heterocycles. The Kier molecular flexibility index (Phi) is 4.64. The van der Waals surface area contributed by atoms with E-state index in [1.807, 2.05) is 0 Å². The van der Waals surface area contributed by atoms with Crippen molar-refractivity contribution < 1.29 is 13.2 Å². The summed E-state index contributed by atoms with van der Waals surface area (Å²) in [5, 5.41) is 2.69. The molecule has 0 radical (unpaired) electrons. The first-order valence-electron chi connectivity index (χ1n) is 5.99. The average Bonchev–Trinajstić information content (AvgIpc) is 2.40. The van der Waals surface area contributed by atoms with E-state index in [2.05, 4.69) is 26.0 Å². The van der Waals surface area contributed by atoms with Gasteiger partial charge in [0.15, 0.2) is 0 Å². The van der Waals surface area contributed by atoms with E-state index in [1.165, 1.54) is 0 Å². The van der Waals surface area contributed by atoms with Crippen LogP contribution >= 0.6 is 15.9 Å². The van der Waals surface area contributed by atoms with Gasteiger partial charge in [0, 0.05) is 10.0 Å². The molecule has 0 aliphatic carbocycles. The summed E-state index contributed by atoms with van der Waals surface area (Å²) in [7, 11) is -3.41. The first-order chi connectivity index (χ1) is 9.85. The lowest BCUT2D eigenvalue weighted by Gasteiger charge is -2.11. The summed E-state index contributed by atoms with van der Waals surface area (Å²) < 4.78 is 25.9. The number of benzene rings is 2. The predicted molar refractivity (Wildman–Crippen MR) is 87.0 cm³/mol. The Balaban J connectivity index is 2.23. The van der Waals surface area contributed by atoms with E-state index < -0.39 is 10.0 Å². The second kappa shape index (κ2) is 6.28. The molecule has 0 bridgehead atoms. The Morgan fingerprint density at radius 3 is 2.14 bits per heavy atom. The summed E-state index contributed by atoms with van der Waals surface area (Å²) >= 11 is 3.30. The van der Waals surface area contributed by atoms with E-state index in [0.29, 0.717) is 16.9 Å². The highest BCUT2D eigenvalue weighted by atomic mass is 79.9. The van der Waals surface area contributed by atoms with Crippen molar-refractivity contribution in [3.8, 4) is 0 Å². The van der Waals surface area contributed by atoms with Gasteiger partial charge in [-0.3, -0.25) is 9.52 Å². The molecular formula is C14H13BrN2O3S. The summed E-state index contributed by atoms with van der Waals surface area (Å²) in [5.74, 6) is -0.315. The number of rotatable bonds is 4. The molecule has 21 heavy (non-hydrogen) atoms. The number of hydrogen-bond acceptors (Lipinski definition) is 3. The third-order valence-electron chi connectivity index (χ3n) is 2.58. The molecule has 0 spiro atoms. The maximum Gasteiger partial charge on any atom is 0.255 e. The number of sulfonamides is 1. The first kappa shape index (κ1) is 15.5. The van der Waals surface area contributed by atoms with E-state index in [4.69, 9.17) is 0 Å². The van der Waals surface area contributed by atoms with E-state index in [0.717, 1.165) is 10.7 Å². The molecule has 0 saturated carbocycles. The van der Waals surface area contributed by atoms with Crippen LogP contribution in [0.4, 0.5) is 11.4 Å². The Labute approximate surface area is 131 Å². The van der Waals surface area contributed by atoms with Crippen molar-refractivity contribution in [3.05, 3.63) is 58.6 Å². The fraction of sp³-hybridized carbons (Fsp3) is 0.0714. The van der Waals surface area contributed by atoms with Crippen LogP contribution in [0.3, 0.4) is 0 Å². The first-order valence-corrected chi connectivity index (χ1v) is 8.67. The molecule has 2 aromatic rings. The minimum absolute atomic E-state index is 0.315. The molecule has 0 atom stereocenters. The van der Waals surface area contributed by atoms with Gasteiger partial charge in [0.05, 0.1) is 17.6 Å². The molecule has 2 aromatic carbocycles. The van der Waals surface area contributed by atoms with Crippen molar-refractivity contribution in [1.82, 2.24) is 0 Å². The number of hydrogen-bond donors (Lipinski definition) is 2. The second-order valence-electron chi connectivity index (χ2n) is 4.38. The number of para-hydroxylation sites is 2. The van der Waals surface area contributed by atoms with E-state index in [1.54, 1.807) is 48.5 Å². The molecule has 0 aliphatic heterocycles. The topological polar surface area (TPSA) is 75.3 Å². The van der Waals surface area contributed by atoms with Crippen LogP contribution in [0.5, 0.6) is 0 Å². The largest absolute Gasteiger partial charge is 0.320 e. The molecular weight excluding hydrogens is 356 g/mol. The zero-order valence-electron chi connectivity index (χ0n) is 11.1. The summed E-state index contributed by atoms with van der Waals surface area (Å²) in [6, 6.07) is 13.5. The molecule has 110 valence electrons. The number of halogens is 1. The Hall–Kier alpha value is -1.86. The fourth-order valence-corrected chi connectivity index (χ4v) is 2.52. The molecule has 5 nitrogen and oxygen atoms in total. The zero-order valence-corrected chi connectivity index (χ0v) is 13.5. The summed E-state index contributed by atoms with van der Waals surface area (Å²) in [6.45, 7) is 0. The van der Waals surface area contributed by atoms with Gasteiger partial charge in [0.25, 0.3) is 5.91 Å². The zero-order chi connectivity index (χ0) is 15.5. The number of carbonyl (C=O) groups excluding carboxylic acids is 1. The third-order valence-corrected chi connectivity index (χ3v) is 3.70. The minimum atomic E-state index is -3.41. The maximum absolute atomic E-state index is 12.1. The van der Waals surface area contributed by atoms with Crippen LogP contribution in [0.25, 0.3) is 0 Å². The van der Waals surface area contributed by atoms with Gasteiger partial charge in [-0.15, -0.1) is 0 Å². The Morgan fingerprint density at radius 1 is 1.00 bits per heavy atom. The monoisotopic (exact) mass is 368 g/mol. The van der Waals surface area contributed by atoms with Gasteiger partial charge >= 0.3 is 0 Å². The molecule has 0 unspecified atom stereocenters. The van der Waals surface area contributed by atoms with E-state index in [-0.39, 0.29) is 5.91 Å². The van der Waals surface area contributed by atoms with Crippen molar-refractivity contribution in [2.45, 2.75) is 0 Å². The van der Waals surface area contributed by atoms with Gasteiger partial charge < -0.3 is 5.32 Å². The van der Waals surface area contributed by atoms with Gasteiger partial charge in [0.2, 0.25) is 10.0 Å². The quantitative estimate of drug-likeness (QED) is 0.870. The number of amides is 1. The van der Waals surface area contributed by atoms with Gasteiger partial charge in [-0.2, -0.15) is 0 Å². The van der Waals surface area contributed by atoms with Gasteiger partial charge in [-0.1, -0.05) is 28.1 Å². The number of anilines is 2. The van der Waals surface area contributed by atoms with Crippen molar-refractivity contribution in [1.29, 1.82) is 0 Å². The lowest BCUT2D eigenvalue weighted by molar-refractivity contribution is 0.102. The molecule has 0 aromatic heterocycles. The van der Waals surface area contributed by atoms with E-state index in [9.17, 15) is 13.2 Å². The lowest BCUT2D eigenvalue weighted by Crippen LogP contribution is -2.15. The number of carbonyl (C=O) groups is 1. The summed E-state index contributed by atoms with van der Waals surface area (Å²) in [6.07, 6.45) is 1.06. The van der Waals surface area contributed by atoms with Crippen LogP contribution in [0.1, 0.15) is 10.4 Å². The average molecular weight is 369 g/mol. The van der Waals surface area contributed by atoms with Crippen molar-refractivity contribution in [3.63, 3.8) is 0 Å². The van der Waals surface area contributed by atoms with Gasteiger partial charge in [-0.05, 0) is 36.4 Å². The highest BCUT2D eigenvalue weighted by Crippen LogP contribution is 2.22. The fourth-order valence-electron chi connectivity index (χ4n) is 1.68. The minimum Gasteiger partial charge on any atom is -0.320 e. The SMILES string of the molecule is CS(=O)(=O)Nc1ccccc1NC(=O)c1ccc(Br)cc1. The molecule has 1 amide bonds. The molecule has 0 aliphatic rings. The van der Waals surface area contributed by atoms with Crippen molar-refractivity contribution in [2.24, 2.45) is 0 Å². The molecule has 7 heteroatoms. The standard InChI is InChI=1S/C14H13BrN2O3S/c1-21(19,20)17-13-5-3-2-4-12(13)16-14(18)10-6-8-11(15)9-7-10/h2-9,17H,1H3,(H,16,18). The Bertz CT molecular complexity index is 758. The van der Waals surface area contributed by atoms with Crippen molar-refractivity contribution in [2.75, 3.05) is 16.3 Å². The van der Waals surface area contributed by atoms with E-state index >= 15 is 0 Å². The van der Waals surface area contributed by atoms with Gasteiger partial charge in [0.1, 0.15) is 0 Å². The molecule has 0 fully saturated rings. The predicted octanol–water partition coefficient (Wildman–Crippen LogP) is 3.07. The van der Waals surface area contributed by atoms with Crippen LogP contribution in [0, 0.1) is 0 Å². The summed E-state index contributed by atoms with van der Waals surface area (Å²) in [4.78, 5) is 12.1. The Morgan fingerprint density at radius 2 is 1.57 bits per heavy atom. The number of nitrogens with one attached hydrogen (secondary N) is 2. The van der Waals surface area contributed by atoms with Gasteiger partial charge in [-0.25, -0.2) is 8.42 Å². The summed E-state index contributed by atoms with van der Waals surface area (Å²) in [5.41, 5.74) is 1.20. The second-order valence-corrected chi connectivity index (χ2v) is 7.04. The molecule has 2 rings (SSSR count). The van der Waals surface area contributed by atoms with Crippen LogP contribution < -0.4 is 10.0 Å². The van der Waals surface area contributed by atoms with Crippen LogP contribution in [-0.4, -0.2) is 20.6 Å². The van der Waals surface area contributed by atoms with Crippen LogP contribution in [0.2, 0.25) is 0 Å². The van der Waals surface area contributed by atoms with Crippen LogP contribution in [0.15, 0.2) is 53.0 Å². The van der Waals surface area contributed by atoms with Crippen LogP contribution in [-0.2, 0) is 10.0 Å². The normalized spacial score (nSPS) is 11.0. The maximum atomic E-state index is 12.1. The molecule has 0 saturated heterocycles. The molecule has 2 N–H and O–H groups in total. The third kappa shape index (κ3) is 4.57. The highest BCUT2D eigenvalue weighted by Gasteiger charge is 2.11.